The molecule has 0 saturated heterocycles. The van der Waals surface area contributed by atoms with Crippen LogP contribution in [0.3, 0.4) is 0 Å². The molecule has 0 aliphatic heterocycles. The number of carbonyl (C=O) groups excluding carboxylic acids is 1. The first-order chi connectivity index (χ1) is 15.1. The fraction of sp³-hybridized carbons (Fsp3) is 0.125. The molecule has 7 heteroatoms. The fourth-order valence-corrected chi connectivity index (χ4v) is 4.35. The molecule has 2 aromatic carbocycles. The number of thiazole rings is 1. The maximum absolute atomic E-state index is 12.7. The number of nitrogens with zero attached hydrogens (tertiary/aromatic N) is 3. The van der Waals surface area contributed by atoms with Crippen molar-refractivity contribution in [3.05, 3.63) is 83.4 Å². The van der Waals surface area contributed by atoms with Crippen molar-refractivity contribution < 1.29 is 14.3 Å². The van der Waals surface area contributed by atoms with E-state index in [0.717, 1.165) is 33.2 Å². The number of benzene rings is 2. The lowest BCUT2D eigenvalue weighted by Crippen LogP contribution is -2.14. The molecule has 6 nitrogen and oxygen atoms in total. The van der Waals surface area contributed by atoms with Crippen LogP contribution in [0.2, 0.25) is 0 Å². The molecule has 0 bridgehead atoms. The number of aromatic nitrogens is 2. The minimum absolute atomic E-state index is 0.326. The van der Waals surface area contributed by atoms with Gasteiger partial charge in [0.05, 0.1) is 30.4 Å². The second-order valence-corrected chi connectivity index (χ2v) is 7.71. The highest BCUT2D eigenvalue weighted by Crippen LogP contribution is 2.35. The van der Waals surface area contributed by atoms with Gasteiger partial charge in [0.2, 0.25) is 0 Å². The largest absolute Gasteiger partial charge is 0.497 e. The number of hydrogen-bond acceptors (Lipinski definition) is 5. The Morgan fingerprint density at radius 2 is 1.55 bits per heavy atom. The van der Waals surface area contributed by atoms with Crippen molar-refractivity contribution in [3.8, 4) is 33.2 Å². The number of ether oxygens (including phenoxy) is 2. The Kier molecular flexibility index (Phi) is 5.95. The van der Waals surface area contributed by atoms with Crippen LogP contribution in [0.5, 0.6) is 11.5 Å². The van der Waals surface area contributed by atoms with Gasteiger partial charge in [-0.1, -0.05) is 11.3 Å². The molecule has 1 amide bonds. The average molecular weight is 432 g/mol. The van der Waals surface area contributed by atoms with E-state index >= 15 is 0 Å². The van der Waals surface area contributed by atoms with E-state index in [9.17, 15) is 4.79 Å². The summed E-state index contributed by atoms with van der Waals surface area (Å²) in [4.78, 5) is 22.7. The zero-order chi connectivity index (χ0) is 21.8. The summed E-state index contributed by atoms with van der Waals surface area (Å²) in [6, 6.07) is 19.1. The van der Waals surface area contributed by atoms with Crippen LogP contribution >= 0.6 is 11.3 Å². The molecule has 0 atom stereocenters. The zero-order valence-corrected chi connectivity index (χ0v) is 18.2. The molecule has 4 aromatic rings. The summed E-state index contributed by atoms with van der Waals surface area (Å²) < 4.78 is 12.5. The Labute approximate surface area is 184 Å². The Bertz CT molecular complexity index is 1260. The highest BCUT2D eigenvalue weighted by Gasteiger charge is 2.16. The van der Waals surface area contributed by atoms with Gasteiger partial charge in [-0.25, -0.2) is 0 Å². The van der Waals surface area contributed by atoms with Crippen molar-refractivity contribution in [2.24, 2.45) is 12.0 Å². The van der Waals surface area contributed by atoms with Crippen LogP contribution in [-0.2, 0) is 7.05 Å². The van der Waals surface area contributed by atoms with Crippen molar-refractivity contribution >= 4 is 17.2 Å². The van der Waals surface area contributed by atoms with Gasteiger partial charge in [-0.15, -0.1) is 0 Å². The predicted octanol–water partition coefficient (Wildman–Crippen LogP) is 4.57. The van der Waals surface area contributed by atoms with Crippen LogP contribution < -0.4 is 14.3 Å². The molecular weight excluding hydrogens is 410 g/mol. The summed E-state index contributed by atoms with van der Waals surface area (Å²) >= 11 is 1.46. The standard InChI is InChI=1S/C24H21N3O3S/c1-27-21(16-6-10-19(29-2)11-7-16)22(17-8-12-20(30-3)13-9-17)31-24(27)26-23(28)18-5-4-14-25-15-18/h4-15H,1-3H3. The number of carbonyl (C=O) groups is 1. The van der Waals surface area contributed by atoms with Crippen LogP contribution in [0.4, 0.5) is 0 Å². The Balaban J connectivity index is 1.88. The van der Waals surface area contributed by atoms with Gasteiger partial charge in [0.1, 0.15) is 11.5 Å². The van der Waals surface area contributed by atoms with E-state index in [1.54, 1.807) is 32.5 Å². The maximum atomic E-state index is 12.7. The Morgan fingerprint density at radius 1 is 0.935 bits per heavy atom. The molecule has 0 fully saturated rings. The predicted molar refractivity (Wildman–Crippen MR) is 121 cm³/mol. The van der Waals surface area contributed by atoms with E-state index in [2.05, 4.69) is 9.98 Å². The monoisotopic (exact) mass is 431 g/mol. The molecular formula is C24H21N3O3S. The summed E-state index contributed by atoms with van der Waals surface area (Å²) in [6.45, 7) is 0. The van der Waals surface area contributed by atoms with Crippen LogP contribution in [0.25, 0.3) is 21.7 Å². The van der Waals surface area contributed by atoms with E-state index in [1.807, 2.05) is 60.1 Å². The summed E-state index contributed by atoms with van der Waals surface area (Å²) in [5.41, 5.74) is 3.44. The molecule has 2 heterocycles. The maximum Gasteiger partial charge on any atom is 0.281 e. The van der Waals surface area contributed by atoms with Gasteiger partial charge in [-0.05, 0) is 71.8 Å². The molecule has 0 N–H and O–H groups in total. The highest BCUT2D eigenvalue weighted by atomic mass is 32.1. The molecule has 4 rings (SSSR count). The lowest BCUT2D eigenvalue weighted by molar-refractivity contribution is 0.0997. The van der Waals surface area contributed by atoms with Crippen molar-refractivity contribution in [2.75, 3.05) is 14.2 Å². The summed E-state index contributed by atoms with van der Waals surface area (Å²) in [7, 11) is 5.20. The third-order valence-corrected chi connectivity index (χ3v) is 6.03. The quantitative estimate of drug-likeness (QED) is 0.464. The van der Waals surface area contributed by atoms with E-state index in [1.165, 1.54) is 17.5 Å². The molecule has 156 valence electrons. The lowest BCUT2D eigenvalue weighted by Gasteiger charge is -2.09. The second kappa shape index (κ2) is 8.97. The van der Waals surface area contributed by atoms with E-state index in [0.29, 0.717) is 10.4 Å². The normalized spacial score (nSPS) is 11.4. The molecule has 2 aromatic heterocycles. The first-order valence-corrected chi connectivity index (χ1v) is 10.4. The Morgan fingerprint density at radius 3 is 2.10 bits per heavy atom. The SMILES string of the molecule is COc1ccc(-c2sc(=NC(=O)c3cccnc3)n(C)c2-c2ccc(OC)cc2)cc1. The number of pyridine rings is 1. The minimum Gasteiger partial charge on any atom is -0.497 e. The van der Waals surface area contributed by atoms with Gasteiger partial charge in [-0.2, -0.15) is 4.99 Å². The number of rotatable bonds is 5. The third kappa shape index (κ3) is 4.27. The van der Waals surface area contributed by atoms with Crippen LogP contribution in [-0.4, -0.2) is 29.7 Å². The number of methoxy groups -OCH3 is 2. The lowest BCUT2D eigenvalue weighted by atomic mass is 10.1. The molecule has 31 heavy (non-hydrogen) atoms. The van der Waals surface area contributed by atoms with Crippen molar-refractivity contribution in [2.45, 2.75) is 0 Å². The van der Waals surface area contributed by atoms with Gasteiger partial charge in [-0.3, -0.25) is 9.78 Å². The van der Waals surface area contributed by atoms with Crippen molar-refractivity contribution in [1.29, 1.82) is 0 Å². The first-order valence-electron chi connectivity index (χ1n) is 9.58. The minimum atomic E-state index is -0.326. The first kappa shape index (κ1) is 20.6. The summed E-state index contributed by atoms with van der Waals surface area (Å²) in [5, 5.41) is 0. The van der Waals surface area contributed by atoms with Crippen LogP contribution in [0, 0.1) is 0 Å². The molecule has 0 aliphatic rings. The smallest absolute Gasteiger partial charge is 0.281 e. The van der Waals surface area contributed by atoms with Gasteiger partial charge < -0.3 is 14.0 Å². The zero-order valence-electron chi connectivity index (χ0n) is 17.4. The van der Waals surface area contributed by atoms with Gasteiger partial charge in [0.25, 0.3) is 5.91 Å². The van der Waals surface area contributed by atoms with Crippen LogP contribution in [0.15, 0.2) is 78.0 Å². The topological polar surface area (TPSA) is 65.7 Å². The van der Waals surface area contributed by atoms with Gasteiger partial charge in [0.15, 0.2) is 4.80 Å². The third-order valence-electron chi connectivity index (χ3n) is 4.85. The second-order valence-electron chi connectivity index (χ2n) is 6.74. The van der Waals surface area contributed by atoms with Gasteiger partial charge >= 0.3 is 0 Å². The molecule has 0 unspecified atom stereocenters. The average Bonchev–Trinajstić information content (AvgIpc) is 3.15. The fourth-order valence-electron chi connectivity index (χ4n) is 3.21. The summed E-state index contributed by atoms with van der Waals surface area (Å²) in [6.07, 6.45) is 3.15. The van der Waals surface area contributed by atoms with Crippen molar-refractivity contribution in [1.82, 2.24) is 9.55 Å². The number of hydrogen-bond donors (Lipinski definition) is 0. The van der Waals surface area contributed by atoms with E-state index in [4.69, 9.17) is 9.47 Å². The molecule has 0 radical (unpaired) electrons. The molecule has 0 saturated carbocycles. The molecule has 0 aliphatic carbocycles. The van der Waals surface area contributed by atoms with E-state index < -0.39 is 0 Å². The van der Waals surface area contributed by atoms with Gasteiger partial charge in [0, 0.05) is 19.4 Å². The summed E-state index contributed by atoms with van der Waals surface area (Å²) in [5.74, 6) is 1.24. The highest BCUT2D eigenvalue weighted by molar-refractivity contribution is 7.13. The Hall–Kier alpha value is -3.71. The van der Waals surface area contributed by atoms with Crippen molar-refractivity contribution in [3.63, 3.8) is 0 Å². The van der Waals surface area contributed by atoms with E-state index in [-0.39, 0.29) is 5.91 Å². The number of amides is 1. The van der Waals surface area contributed by atoms with Crippen LogP contribution in [0.1, 0.15) is 10.4 Å². The molecule has 0 spiro atoms.